The average molecular weight is 456 g/mol. The minimum Gasteiger partial charge on any atom is -0.326 e. The Morgan fingerprint density at radius 2 is 1.71 bits per heavy atom. The van der Waals surface area contributed by atoms with Gasteiger partial charge in [0.15, 0.2) is 0 Å². The number of benzene rings is 2. The van der Waals surface area contributed by atoms with Crippen molar-refractivity contribution in [2.45, 2.75) is 37.0 Å². The molecule has 1 aromatic heterocycles. The number of carbonyl (C=O) groups excluding carboxylic acids is 1. The molecule has 0 aliphatic carbocycles. The van der Waals surface area contributed by atoms with Gasteiger partial charge in [0.25, 0.3) is 0 Å². The molecule has 0 spiro atoms. The summed E-state index contributed by atoms with van der Waals surface area (Å²) in [5, 5.41) is 5.78. The number of anilines is 1. The van der Waals surface area contributed by atoms with E-state index in [0.717, 1.165) is 41.1 Å². The highest BCUT2D eigenvalue weighted by molar-refractivity contribution is 7.89. The highest BCUT2D eigenvalue weighted by Gasteiger charge is 2.25. The van der Waals surface area contributed by atoms with Gasteiger partial charge >= 0.3 is 0 Å². The van der Waals surface area contributed by atoms with Crippen molar-refractivity contribution in [2.75, 3.05) is 18.4 Å². The van der Waals surface area contributed by atoms with Crippen LogP contribution < -0.4 is 5.32 Å². The van der Waals surface area contributed by atoms with Crippen molar-refractivity contribution in [1.29, 1.82) is 0 Å². The number of thiazole rings is 1. The number of nitrogens with zero attached hydrogens (tertiary/aromatic N) is 2. The Morgan fingerprint density at radius 1 is 1.00 bits per heavy atom. The maximum atomic E-state index is 12.7. The Morgan fingerprint density at radius 3 is 2.35 bits per heavy atom. The zero-order valence-corrected chi connectivity index (χ0v) is 18.8. The van der Waals surface area contributed by atoms with Gasteiger partial charge in [-0.15, -0.1) is 11.3 Å². The molecule has 3 aromatic rings. The first-order valence-corrected chi connectivity index (χ1v) is 12.7. The minimum atomic E-state index is -3.42. The topological polar surface area (TPSA) is 79.4 Å². The third-order valence-corrected chi connectivity index (χ3v) is 8.10. The molecule has 0 radical (unpaired) electrons. The van der Waals surface area contributed by atoms with E-state index in [1.807, 2.05) is 29.6 Å². The first-order chi connectivity index (χ1) is 15.0. The Labute approximate surface area is 187 Å². The number of rotatable bonds is 7. The summed E-state index contributed by atoms with van der Waals surface area (Å²) in [4.78, 5) is 16.9. The van der Waals surface area contributed by atoms with Crippen molar-refractivity contribution in [3.63, 3.8) is 0 Å². The maximum Gasteiger partial charge on any atom is 0.243 e. The van der Waals surface area contributed by atoms with E-state index in [-0.39, 0.29) is 5.91 Å². The van der Waals surface area contributed by atoms with Crippen molar-refractivity contribution in [3.8, 4) is 10.6 Å². The molecule has 162 valence electrons. The second kappa shape index (κ2) is 9.72. The van der Waals surface area contributed by atoms with Crippen LogP contribution >= 0.6 is 11.3 Å². The number of carbonyl (C=O) groups is 1. The van der Waals surface area contributed by atoms with Crippen LogP contribution in [0.4, 0.5) is 5.69 Å². The molecule has 2 aromatic carbocycles. The lowest BCUT2D eigenvalue weighted by atomic mass is 10.1. The summed E-state index contributed by atoms with van der Waals surface area (Å²) in [6.07, 6.45) is 5.56. The molecule has 1 saturated heterocycles. The van der Waals surface area contributed by atoms with E-state index in [2.05, 4.69) is 10.3 Å². The molecule has 31 heavy (non-hydrogen) atoms. The number of piperidine rings is 1. The molecule has 0 saturated carbocycles. The number of sulfonamides is 1. The van der Waals surface area contributed by atoms with Gasteiger partial charge in [-0.05, 0) is 61.2 Å². The average Bonchev–Trinajstić information content (AvgIpc) is 3.34. The van der Waals surface area contributed by atoms with Crippen LogP contribution in [0.15, 0.2) is 65.0 Å². The van der Waals surface area contributed by atoms with E-state index in [0.29, 0.717) is 30.8 Å². The molecule has 1 aliphatic rings. The Balaban J connectivity index is 1.30. The fourth-order valence-corrected chi connectivity index (χ4v) is 5.79. The highest BCUT2D eigenvalue weighted by Crippen LogP contribution is 2.24. The zero-order chi connectivity index (χ0) is 21.7. The second-order valence-corrected chi connectivity index (χ2v) is 10.4. The summed E-state index contributed by atoms with van der Waals surface area (Å²) in [6.45, 7) is 1.18. The van der Waals surface area contributed by atoms with Crippen LogP contribution in [-0.2, 0) is 21.2 Å². The maximum absolute atomic E-state index is 12.7. The fourth-order valence-electron chi connectivity index (χ4n) is 3.63. The number of aromatic nitrogens is 1. The van der Waals surface area contributed by atoms with E-state index in [9.17, 15) is 13.2 Å². The van der Waals surface area contributed by atoms with Crippen molar-refractivity contribution in [3.05, 3.63) is 65.7 Å². The molecule has 8 heteroatoms. The van der Waals surface area contributed by atoms with E-state index in [1.54, 1.807) is 46.1 Å². The third kappa shape index (κ3) is 5.39. The quantitative estimate of drug-likeness (QED) is 0.567. The molecular weight excluding hydrogens is 430 g/mol. The van der Waals surface area contributed by atoms with Crippen molar-refractivity contribution in [1.82, 2.24) is 9.29 Å². The first-order valence-electron chi connectivity index (χ1n) is 10.4. The predicted molar refractivity (Wildman–Crippen MR) is 124 cm³/mol. The molecule has 1 aliphatic heterocycles. The normalized spacial score (nSPS) is 15.0. The van der Waals surface area contributed by atoms with E-state index >= 15 is 0 Å². The second-order valence-electron chi connectivity index (χ2n) is 7.57. The number of nitrogens with one attached hydrogen (secondary N) is 1. The molecule has 6 nitrogen and oxygen atoms in total. The minimum absolute atomic E-state index is 0.0768. The summed E-state index contributed by atoms with van der Waals surface area (Å²) in [7, 11) is -3.42. The van der Waals surface area contributed by atoms with Gasteiger partial charge in [0.05, 0.1) is 4.90 Å². The smallest absolute Gasteiger partial charge is 0.243 e. The third-order valence-electron chi connectivity index (χ3n) is 5.36. The number of hydrogen-bond acceptors (Lipinski definition) is 5. The van der Waals surface area contributed by atoms with E-state index in [1.165, 1.54) is 0 Å². The number of amides is 1. The fraction of sp³-hybridized carbons (Fsp3) is 0.304. The molecule has 0 atom stereocenters. The zero-order valence-electron chi connectivity index (χ0n) is 17.2. The van der Waals surface area contributed by atoms with E-state index in [4.69, 9.17) is 0 Å². The first kappa shape index (κ1) is 21.7. The standard InChI is InChI=1S/C23H25N3O3S2/c27-22(25-20-9-7-19(8-10-20)23-24-14-17-30-23)13-6-18-4-11-21(12-5-18)31(28,29)26-15-2-1-3-16-26/h4-5,7-12,14,17H,1-3,6,13,15-16H2,(H,25,27). The van der Waals surface area contributed by atoms with Crippen molar-refractivity contribution >= 4 is 33.0 Å². The number of hydrogen-bond donors (Lipinski definition) is 1. The number of aryl methyl sites for hydroxylation is 1. The van der Waals surface area contributed by atoms with Gasteiger partial charge in [-0.25, -0.2) is 13.4 Å². The van der Waals surface area contributed by atoms with Crippen LogP contribution in [0.2, 0.25) is 0 Å². The molecule has 0 unspecified atom stereocenters. The molecule has 2 heterocycles. The largest absolute Gasteiger partial charge is 0.326 e. The van der Waals surface area contributed by atoms with Gasteiger partial charge in [0.2, 0.25) is 15.9 Å². The Bertz CT molecular complexity index is 1100. The summed E-state index contributed by atoms with van der Waals surface area (Å²) in [5.74, 6) is -0.0768. The summed E-state index contributed by atoms with van der Waals surface area (Å²) in [5.41, 5.74) is 2.70. The lowest BCUT2D eigenvalue weighted by Gasteiger charge is -2.25. The summed E-state index contributed by atoms with van der Waals surface area (Å²) < 4.78 is 27.0. The van der Waals surface area contributed by atoms with Gasteiger partial charge in [0, 0.05) is 42.3 Å². The predicted octanol–water partition coefficient (Wildman–Crippen LogP) is 4.56. The monoisotopic (exact) mass is 455 g/mol. The summed E-state index contributed by atoms with van der Waals surface area (Å²) in [6, 6.07) is 14.5. The van der Waals surface area contributed by atoms with Gasteiger partial charge in [-0.1, -0.05) is 18.6 Å². The van der Waals surface area contributed by atoms with Crippen LogP contribution in [0.5, 0.6) is 0 Å². The van der Waals surface area contributed by atoms with Crippen LogP contribution in [0, 0.1) is 0 Å². The van der Waals surface area contributed by atoms with Crippen LogP contribution in [-0.4, -0.2) is 36.7 Å². The molecule has 1 fully saturated rings. The molecule has 1 amide bonds. The Hall–Kier alpha value is -2.55. The molecular formula is C23H25N3O3S2. The SMILES string of the molecule is O=C(CCc1ccc(S(=O)(=O)N2CCCCC2)cc1)Nc1ccc(-c2nccs2)cc1. The summed E-state index contributed by atoms with van der Waals surface area (Å²) >= 11 is 1.57. The highest BCUT2D eigenvalue weighted by atomic mass is 32.2. The lowest BCUT2D eigenvalue weighted by molar-refractivity contribution is -0.116. The van der Waals surface area contributed by atoms with Gasteiger partial charge in [-0.3, -0.25) is 4.79 Å². The van der Waals surface area contributed by atoms with Crippen molar-refractivity contribution < 1.29 is 13.2 Å². The van der Waals surface area contributed by atoms with Crippen LogP contribution in [0.25, 0.3) is 10.6 Å². The van der Waals surface area contributed by atoms with Gasteiger partial charge in [0.1, 0.15) is 5.01 Å². The van der Waals surface area contributed by atoms with Crippen molar-refractivity contribution in [2.24, 2.45) is 0 Å². The molecule has 4 rings (SSSR count). The van der Waals surface area contributed by atoms with Crippen LogP contribution in [0.1, 0.15) is 31.2 Å². The Kier molecular flexibility index (Phi) is 6.80. The van der Waals surface area contributed by atoms with Crippen LogP contribution in [0.3, 0.4) is 0 Å². The van der Waals surface area contributed by atoms with Gasteiger partial charge < -0.3 is 5.32 Å². The molecule has 1 N–H and O–H groups in total. The van der Waals surface area contributed by atoms with E-state index < -0.39 is 10.0 Å². The van der Waals surface area contributed by atoms with Gasteiger partial charge in [-0.2, -0.15) is 4.31 Å². The molecule has 0 bridgehead atoms. The lowest BCUT2D eigenvalue weighted by Crippen LogP contribution is -2.35.